The molecule has 2 rings (SSSR count). The van der Waals surface area contributed by atoms with Crippen molar-refractivity contribution in [1.29, 1.82) is 0 Å². The van der Waals surface area contributed by atoms with Crippen molar-refractivity contribution >= 4 is 23.5 Å². The van der Waals surface area contributed by atoms with Gasteiger partial charge in [-0.3, -0.25) is 4.79 Å². The van der Waals surface area contributed by atoms with E-state index in [1.165, 1.54) is 18.2 Å². The first kappa shape index (κ1) is 19.7. The highest BCUT2D eigenvalue weighted by Crippen LogP contribution is 2.18. The van der Waals surface area contributed by atoms with Crippen LogP contribution in [0.5, 0.6) is 5.75 Å². The molecule has 0 heterocycles. The lowest BCUT2D eigenvalue weighted by molar-refractivity contribution is -0.124. The standard InChI is InChI=1S/C18H16ClF2NO4/c1-11(12-4-2-6-14(19)8-12)22-16(23)10-25-17(24)13-5-3-7-15(9-13)26-18(20)21/h2-9,11,18H,10H2,1H3,(H,22,23)/t11-/m0/s1. The molecule has 0 aliphatic rings. The second-order valence-corrected chi connectivity index (χ2v) is 5.76. The van der Waals surface area contributed by atoms with Crippen LogP contribution < -0.4 is 10.1 Å². The molecule has 0 aliphatic heterocycles. The van der Waals surface area contributed by atoms with Crippen molar-refractivity contribution in [3.05, 3.63) is 64.7 Å². The fourth-order valence-corrected chi connectivity index (χ4v) is 2.35. The maximum Gasteiger partial charge on any atom is 0.387 e. The van der Waals surface area contributed by atoms with Gasteiger partial charge in [-0.05, 0) is 42.8 Å². The van der Waals surface area contributed by atoms with Gasteiger partial charge in [-0.1, -0.05) is 29.8 Å². The Hall–Kier alpha value is -2.67. The second-order valence-electron chi connectivity index (χ2n) is 5.33. The number of nitrogens with one attached hydrogen (secondary N) is 1. The Morgan fingerprint density at radius 3 is 2.58 bits per heavy atom. The van der Waals surface area contributed by atoms with Crippen LogP contribution in [0.2, 0.25) is 5.02 Å². The van der Waals surface area contributed by atoms with Crippen molar-refractivity contribution in [2.24, 2.45) is 0 Å². The van der Waals surface area contributed by atoms with Crippen LogP contribution in [0, 0.1) is 0 Å². The highest BCUT2D eigenvalue weighted by atomic mass is 35.5. The minimum Gasteiger partial charge on any atom is -0.452 e. The second kappa shape index (κ2) is 9.15. The summed E-state index contributed by atoms with van der Waals surface area (Å²) in [4.78, 5) is 23.8. The molecular formula is C18H16ClF2NO4. The van der Waals surface area contributed by atoms with Crippen molar-refractivity contribution in [3.63, 3.8) is 0 Å². The minimum atomic E-state index is -3.00. The molecule has 1 atom stereocenters. The summed E-state index contributed by atoms with van der Waals surface area (Å²) in [6.45, 7) is -1.75. The van der Waals surface area contributed by atoms with Crippen molar-refractivity contribution in [2.45, 2.75) is 19.6 Å². The number of hydrogen-bond acceptors (Lipinski definition) is 4. The number of benzene rings is 2. The highest BCUT2D eigenvalue weighted by molar-refractivity contribution is 6.30. The van der Waals surface area contributed by atoms with Crippen molar-refractivity contribution in [2.75, 3.05) is 6.61 Å². The van der Waals surface area contributed by atoms with Crippen LogP contribution >= 0.6 is 11.6 Å². The first-order chi connectivity index (χ1) is 12.3. The average Bonchev–Trinajstić information content (AvgIpc) is 2.59. The zero-order chi connectivity index (χ0) is 19.1. The van der Waals surface area contributed by atoms with E-state index in [2.05, 4.69) is 10.1 Å². The largest absolute Gasteiger partial charge is 0.452 e. The topological polar surface area (TPSA) is 64.6 Å². The summed E-state index contributed by atoms with van der Waals surface area (Å²) in [5.74, 6) is -1.51. The van der Waals surface area contributed by atoms with E-state index in [1.807, 2.05) is 0 Å². The van der Waals surface area contributed by atoms with Gasteiger partial charge < -0.3 is 14.8 Å². The molecule has 1 N–H and O–H groups in total. The third-order valence-corrected chi connectivity index (χ3v) is 3.59. The summed E-state index contributed by atoms with van der Waals surface area (Å²) in [7, 11) is 0. The van der Waals surface area contributed by atoms with Gasteiger partial charge in [0.2, 0.25) is 0 Å². The van der Waals surface area contributed by atoms with Gasteiger partial charge in [0.05, 0.1) is 11.6 Å². The summed E-state index contributed by atoms with van der Waals surface area (Å²) < 4.78 is 33.5. The summed E-state index contributed by atoms with van der Waals surface area (Å²) in [5.41, 5.74) is 0.799. The fraction of sp³-hybridized carbons (Fsp3) is 0.222. The van der Waals surface area contributed by atoms with E-state index in [0.29, 0.717) is 5.02 Å². The molecule has 0 aromatic heterocycles. The fourth-order valence-electron chi connectivity index (χ4n) is 2.16. The predicted octanol–water partition coefficient (Wildman–Crippen LogP) is 3.98. The highest BCUT2D eigenvalue weighted by Gasteiger charge is 2.14. The molecule has 0 saturated carbocycles. The Kier molecular flexibility index (Phi) is 6.91. The molecule has 2 aromatic rings. The number of carbonyl (C=O) groups excluding carboxylic acids is 2. The monoisotopic (exact) mass is 383 g/mol. The van der Waals surface area contributed by atoms with E-state index in [4.69, 9.17) is 16.3 Å². The molecule has 0 unspecified atom stereocenters. The number of amides is 1. The molecule has 0 saturated heterocycles. The van der Waals surface area contributed by atoms with E-state index in [9.17, 15) is 18.4 Å². The van der Waals surface area contributed by atoms with E-state index < -0.39 is 25.1 Å². The normalized spacial score (nSPS) is 11.7. The van der Waals surface area contributed by atoms with Gasteiger partial charge in [0.25, 0.3) is 5.91 Å². The Morgan fingerprint density at radius 1 is 1.15 bits per heavy atom. The molecule has 138 valence electrons. The third-order valence-electron chi connectivity index (χ3n) is 3.36. The van der Waals surface area contributed by atoms with Crippen LogP contribution in [-0.2, 0) is 9.53 Å². The van der Waals surface area contributed by atoms with Crippen LogP contribution in [0.1, 0.15) is 28.9 Å². The molecule has 8 heteroatoms. The summed E-state index contributed by atoms with van der Waals surface area (Å²) in [6.07, 6.45) is 0. The quantitative estimate of drug-likeness (QED) is 0.735. The van der Waals surface area contributed by atoms with Crippen molar-refractivity contribution < 1.29 is 27.8 Å². The van der Waals surface area contributed by atoms with E-state index in [0.717, 1.165) is 11.6 Å². The molecule has 0 bridgehead atoms. The summed E-state index contributed by atoms with van der Waals surface area (Å²) in [6, 6.07) is 11.8. The van der Waals surface area contributed by atoms with Gasteiger partial charge in [0.15, 0.2) is 6.61 Å². The molecule has 26 heavy (non-hydrogen) atoms. The van der Waals surface area contributed by atoms with Gasteiger partial charge in [0.1, 0.15) is 5.75 Å². The number of halogens is 3. The zero-order valence-corrected chi connectivity index (χ0v) is 14.5. The number of ether oxygens (including phenoxy) is 2. The van der Waals surface area contributed by atoms with Gasteiger partial charge >= 0.3 is 12.6 Å². The summed E-state index contributed by atoms with van der Waals surface area (Å²) >= 11 is 5.90. The van der Waals surface area contributed by atoms with Crippen LogP contribution in [0.25, 0.3) is 0 Å². The third kappa shape index (κ3) is 6.00. The number of alkyl halides is 2. The van der Waals surface area contributed by atoms with Crippen LogP contribution in [0.15, 0.2) is 48.5 Å². The lowest BCUT2D eigenvalue weighted by Crippen LogP contribution is -2.31. The SMILES string of the molecule is C[C@H](NC(=O)COC(=O)c1cccc(OC(F)F)c1)c1cccc(Cl)c1. The van der Waals surface area contributed by atoms with Crippen LogP contribution in [0.3, 0.4) is 0 Å². The smallest absolute Gasteiger partial charge is 0.387 e. The van der Waals surface area contributed by atoms with Gasteiger partial charge in [0, 0.05) is 5.02 Å². The number of carbonyl (C=O) groups is 2. The Morgan fingerprint density at radius 2 is 1.88 bits per heavy atom. The molecular weight excluding hydrogens is 368 g/mol. The first-order valence-electron chi connectivity index (χ1n) is 7.62. The minimum absolute atomic E-state index is 0.00107. The van der Waals surface area contributed by atoms with E-state index in [-0.39, 0.29) is 17.4 Å². The molecule has 2 aromatic carbocycles. The predicted molar refractivity (Wildman–Crippen MR) is 91.4 cm³/mol. The molecule has 0 fully saturated rings. The summed E-state index contributed by atoms with van der Waals surface area (Å²) in [5, 5.41) is 3.21. The lowest BCUT2D eigenvalue weighted by Gasteiger charge is -2.14. The Balaban J connectivity index is 1.87. The van der Waals surface area contributed by atoms with E-state index in [1.54, 1.807) is 31.2 Å². The molecule has 0 spiro atoms. The molecule has 5 nitrogen and oxygen atoms in total. The Bertz CT molecular complexity index is 785. The van der Waals surface area contributed by atoms with Gasteiger partial charge in [-0.15, -0.1) is 0 Å². The van der Waals surface area contributed by atoms with Gasteiger partial charge in [-0.25, -0.2) is 4.79 Å². The molecule has 0 aliphatic carbocycles. The zero-order valence-electron chi connectivity index (χ0n) is 13.7. The maximum absolute atomic E-state index is 12.2. The number of esters is 1. The molecule has 0 radical (unpaired) electrons. The van der Waals surface area contributed by atoms with Crippen LogP contribution in [-0.4, -0.2) is 25.1 Å². The lowest BCUT2D eigenvalue weighted by atomic mass is 10.1. The molecule has 1 amide bonds. The Labute approximate surface area is 153 Å². The first-order valence-corrected chi connectivity index (χ1v) is 8.00. The average molecular weight is 384 g/mol. The van der Waals surface area contributed by atoms with E-state index >= 15 is 0 Å². The van der Waals surface area contributed by atoms with Crippen molar-refractivity contribution in [1.82, 2.24) is 5.32 Å². The van der Waals surface area contributed by atoms with Crippen molar-refractivity contribution in [3.8, 4) is 5.75 Å². The number of hydrogen-bond donors (Lipinski definition) is 1. The van der Waals surface area contributed by atoms with Gasteiger partial charge in [-0.2, -0.15) is 8.78 Å². The van der Waals surface area contributed by atoms with Crippen LogP contribution in [0.4, 0.5) is 8.78 Å². The maximum atomic E-state index is 12.2. The number of rotatable bonds is 7.